The average molecular weight is 239 g/mol. The molecule has 0 amide bonds. The number of hydrogen-bond donors (Lipinski definition) is 0. The van der Waals surface area contributed by atoms with Crippen molar-refractivity contribution >= 4 is 11.6 Å². The van der Waals surface area contributed by atoms with Gasteiger partial charge in [0.25, 0.3) is 5.89 Å². The first kappa shape index (κ1) is 11.0. The summed E-state index contributed by atoms with van der Waals surface area (Å²) in [7, 11) is 0. The fourth-order valence-corrected chi connectivity index (χ4v) is 1.29. The Labute approximate surface area is 98.2 Å². The van der Waals surface area contributed by atoms with Gasteiger partial charge in [0.1, 0.15) is 11.6 Å². The van der Waals surface area contributed by atoms with Gasteiger partial charge in [-0.15, -0.1) is 21.8 Å². The van der Waals surface area contributed by atoms with Crippen LogP contribution >= 0.6 is 11.6 Å². The van der Waals surface area contributed by atoms with E-state index in [4.69, 9.17) is 20.8 Å². The van der Waals surface area contributed by atoms with E-state index in [0.29, 0.717) is 11.8 Å². The van der Waals surface area contributed by atoms with Gasteiger partial charge in [0, 0.05) is 0 Å². The fraction of sp³-hybridized carbons (Fsp3) is 0.273. The number of aromatic nitrogens is 2. The molecule has 1 aromatic heterocycles. The van der Waals surface area contributed by atoms with Crippen LogP contribution < -0.4 is 4.74 Å². The monoisotopic (exact) mass is 238 g/mol. The predicted octanol–water partition coefficient (Wildman–Crippen LogP) is 2.70. The molecule has 0 saturated carbocycles. The molecular weight excluding hydrogens is 228 g/mol. The topological polar surface area (TPSA) is 48.2 Å². The Hall–Kier alpha value is -1.55. The normalized spacial score (nSPS) is 10.4. The van der Waals surface area contributed by atoms with Gasteiger partial charge in [0.15, 0.2) is 6.61 Å². The van der Waals surface area contributed by atoms with Crippen molar-refractivity contribution in [2.24, 2.45) is 0 Å². The van der Waals surface area contributed by atoms with Gasteiger partial charge in [0.05, 0.1) is 0 Å². The SMILES string of the molecule is Cc1ccc(OCc2nnc(CCl)o2)cc1. The van der Waals surface area contributed by atoms with Gasteiger partial charge < -0.3 is 9.15 Å². The molecule has 0 spiro atoms. The molecule has 16 heavy (non-hydrogen) atoms. The summed E-state index contributed by atoms with van der Waals surface area (Å²) < 4.78 is 10.7. The first-order valence-electron chi connectivity index (χ1n) is 4.84. The van der Waals surface area contributed by atoms with E-state index in [1.54, 1.807) is 0 Å². The standard InChI is InChI=1S/C11H11ClN2O2/c1-8-2-4-9(5-3-8)15-7-11-14-13-10(6-12)16-11/h2-5H,6-7H2,1H3. The maximum atomic E-state index is 5.54. The van der Waals surface area contributed by atoms with Gasteiger partial charge in [-0.3, -0.25) is 0 Å². The van der Waals surface area contributed by atoms with Gasteiger partial charge >= 0.3 is 0 Å². The smallest absolute Gasteiger partial charge is 0.253 e. The number of nitrogens with zero attached hydrogens (tertiary/aromatic N) is 2. The summed E-state index contributed by atoms with van der Waals surface area (Å²) in [5.41, 5.74) is 1.19. The zero-order chi connectivity index (χ0) is 11.4. The molecule has 84 valence electrons. The molecule has 2 aromatic rings. The van der Waals surface area contributed by atoms with Crippen LogP contribution in [0.25, 0.3) is 0 Å². The Morgan fingerprint density at radius 3 is 2.50 bits per heavy atom. The number of ether oxygens (including phenoxy) is 1. The van der Waals surface area contributed by atoms with E-state index in [1.807, 2.05) is 31.2 Å². The van der Waals surface area contributed by atoms with E-state index in [1.165, 1.54) is 5.56 Å². The second-order valence-electron chi connectivity index (χ2n) is 3.32. The van der Waals surface area contributed by atoms with Crippen molar-refractivity contribution in [3.8, 4) is 5.75 Å². The maximum Gasteiger partial charge on any atom is 0.253 e. The van der Waals surface area contributed by atoms with E-state index in [2.05, 4.69) is 10.2 Å². The Bertz CT molecular complexity index is 453. The number of benzene rings is 1. The highest BCUT2D eigenvalue weighted by Crippen LogP contribution is 2.13. The summed E-state index contributed by atoms with van der Waals surface area (Å²) in [6, 6.07) is 7.75. The van der Waals surface area contributed by atoms with Crippen molar-refractivity contribution in [3.63, 3.8) is 0 Å². The largest absolute Gasteiger partial charge is 0.484 e. The van der Waals surface area contributed by atoms with Gasteiger partial charge in [-0.25, -0.2) is 0 Å². The van der Waals surface area contributed by atoms with Crippen LogP contribution in [0.15, 0.2) is 28.7 Å². The molecule has 2 rings (SSSR count). The van der Waals surface area contributed by atoms with Crippen molar-refractivity contribution in [3.05, 3.63) is 41.6 Å². The van der Waals surface area contributed by atoms with Crippen LogP contribution in [0.5, 0.6) is 5.75 Å². The van der Waals surface area contributed by atoms with Crippen LogP contribution in [0.1, 0.15) is 17.3 Å². The molecule has 0 bridgehead atoms. The molecule has 0 atom stereocenters. The second-order valence-corrected chi connectivity index (χ2v) is 3.59. The van der Waals surface area contributed by atoms with Crippen molar-refractivity contribution in [1.82, 2.24) is 10.2 Å². The van der Waals surface area contributed by atoms with Crippen LogP contribution in [-0.2, 0) is 12.5 Å². The summed E-state index contributed by atoms with van der Waals surface area (Å²) in [5.74, 6) is 1.83. The summed E-state index contributed by atoms with van der Waals surface area (Å²) >= 11 is 5.54. The van der Waals surface area contributed by atoms with Crippen LogP contribution in [0.3, 0.4) is 0 Å². The molecule has 4 nitrogen and oxygen atoms in total. The second kappa shape index (κ2) is 4.99. The van der Waals surface area contributed by atoms with Crippen LogP contribution in [0, 0.1) is 6.92 Å². The molecule has 0 aliphatic heterocycles. The first-order valence-corrected chi connectivity index (χ1v) is 5.38. The molecular formula is C11H11ClN2O2. The minimum absolute atomic E-state index is 0.220. The highest BCUT2D eigenvalue weighted by atomic mass is 35.5. The van der Waals surface area contributed by atoms with Crippen molar-refractivity contribution in [1.29, 1.82) is 0 Å². The van der Waals surface area contributed by atoms with Crippen molar-refractivity contribution in [2.75, 3.05) is 0 Å². The number of aryl methyl sites for hydroxylation is 1. The van der Waals surface area contributed by atoms with Crippen molar-refractivity contribution < 1.29 is 9.15 Å². The lowest BCUT2D eigenvalue weighted by Crippen LogP contribution is -1.95. The minimum atomic E-state index is 0.220. The average Bonchev–Trinajstić information content (AvgIpc) is 2.76. The lowest BCUT2D eigenvalue weighted by molar-refractivity contribution is 0.260. The lowest BCUT2D eigenvalue weighted by atomic mass is 10.2. The minimum Gasteiger partial charge on any atom is -0.484 e. The highest BCUT2D eigenvalue weighted by Gasteiger charge is 2.05. The molecule has 0 aliphatic carbocycles. The van der Waals surface area contributed by atoms with E-state index in [9.17, 15) is 0 Å². The number of halogens is 1. The molecule has 0 fully saturated rings. The summed E-state index contributed by atoms with van der Waals surface area (Å²) in [5, 5.41) is 7.53. The van der Waals surface area contributed by atoms with Gasteiger partial charge in [-0.05, 0) is 19.1 Å². The molecule has 0 unspecified atom stereocenters. The maximum absolute atomic E-state index is 5.54. The quantitative estimate of drug-likeness (QED) is 0.769. The zero-order valence-corrected chi connectivity index (χ0v) is 9.57. The third kappa shape index (κ3) is 2.73. The number of rotatable bonds is 4. The molecule has 1 heterocycles. The number of hydrogen-bond acceptors (Lipinski definition) is 4. The Morgan fingerprint density at radius 1 is 1.19 bits per heavy atom. The predicted molar refractivity (Wildman–Crippen MR) is 59.4 cm³/mol. The molecule has 0 N–H and O–H groups in total. The van der Waals surface area contributed by atoms with E-state index in [-0.39, 0.29) is 12.5 Å². The molecule has 0 radical (unpaired) electrons. The molecule has 5 heteroatoms. The summed E-state index contributed by atoms with van der Waals surface area (Å²) in [6.07, 6.45) is 0. The zero-order valence-electron chi connectivity index (χ0n) is 8.81. The van der Waals surface area contributed by atoms with Gasteiger partial charge in [-0.2, -0.15) is 0 Å². The third-order valence-electron chi connectivity index (χ3n) is 2.01. The highest BCUT2D eigenvalue weighted by molar-refractivity contribution is 6.16. The third-order valence-corrected chi connectivity index (χ3v) is 2.23. The Kier molecular flexibility index (Phi) is 3.41. The van der Waals surface area contributed by atoms with Crippen LogP contribution in [-0.4, -0.2) is 10.2 Å². The van der Waals surface area contributed by atoms with E-state index in [0.717, 1.165) is 5.75 Å². The van der Waals surface area contributed by atoms with Gasteiger partial charge in [0.2, 0.25) is 5.89 Å². The molecule has 1 aromatic carbocycles. The molecule has 0 saturated heterocycles. The number of alkyl halides is 1. The summed E-state index contributed by atoms with van der Waals surface area (Å²) in [4.78, 5) is 0. The molecule has 0 aliphatic rings. The lowest BCUT2D eigenvalue weighted by Gasteiger charge is -2.02. The fourth-order valence-electron chi connectivity index (χ4n) is 1.18. The van der Waals surface area contributed by atoms with Crippen LogP contribution in [0.4, 0.5) is 0 Å². The van der Waals surface area contributed by atoms with Gasteiger partial charge in [-0.1, -0.05) is 17.7 Å². The Balaban J connectivity index is 1.94. The first-order chi connectivity index (χ1) is 7.78. The van der Waals surface area contributed by atoms with E-state index >= 15 is 0 Å². The Morgan fingerprint density at radius 2 is 1.88 bits per heavy atom. The van der Waals surface area contributed by atoms with Crippen molar-refractivity contribution in [2.45, 2.75) is 19.4 Å². The van der Waals surface area contributed by atoms with E-state index < -0.39 is 0 Å². The van der Waals surface area contributed by atoms with Crippen LogP contribution in [0.2, 0.25) is 0 Å². The summed E-state index contributed by atoms with van der Waals surface area (Å²) in [6.45, 7) is 2.28.